The summed E-state index contributed by atoms with van der Waals surface area (Å²) in [6.45, 7) is 2.76. The molecule has 30 heavy (non-hydrogen) atoms. The van der Waals surface area contributed by atoms with Gasteiger partial charge in [-0.3, -0.25) is 9.59 Å². The molecule has 4 rings (SSSR count). The van der Waals surface area contributed by atoms with Gasteiger partial charge in [0.15, 0.2) is 11.5 Å². The average molecular weight is 411 g/mol. The van der Waals surface area contributed by atoms with Gasteiger partial charge in [0, 0.05) is 31.9 Å². The van der Waals surface area contributed by atoms with Crippen LogP contribution in [0.25, 0.3) is 0 Å². The molecule has 1 atom stereocenters. The Labute approximate surface area is 175 Å². The van der Waals surface area contributed by atoms with E-state index in [-0.39, 0.29) is 25.0 Å². The predicted octanol–water partition coefficient (Wildman–Crippen LogP) is 1.30. The van der Waals surface area contributed by atoms with E-state index in [0.29, 0.717) is 24.6 Å². The number of nitrogens with one attached hydrogen (secondary N) is 1. The summed E-state index contributed by atoms with van der Waals surface area (Å²) in [6.07, 6.45) is -0.764. The first-order chi connectivity index (χ1) is 14.6. The number of rotatable bonds is 5. The first-order valence-corrected chi connectivity index (χ1v) is 9.97. The summed E-state index contributed by atoms with van der Waals surface area (Å²) in [6, 6.07) is 15.1. The lowest BCUT2D eigenvalue weighted by atomic mass is 10.2. The van der Waals surface area contributed by atoms with E-state index in [0.717, 1.165) is 24.5 Å². The number of benzene rings is 2. The molecule has 2 aromatic carbocycles. The Bertz CT molecular complexity index is 894. The molecular weight excluding hydrogens is 386 g/mol. The Balaban J connectivity index is 1.23. The van der Waals surface area contributed by atoms with Crippen molar-refractivity contribution in [1.82, 2.24) is 10.2 Å². The van der Waals surface area contributed by atoms with Gasteiger partial charge in [0.1, 0.15) is 12.4 Å². The van der Waals surface area contributed by atoms with Crippen molar-refractivity contribution < 1.29 is 23.8 Å². The minimum Gasteiger partial charge on any atom is -0.497 e. The van der Waals surface area contributed by atoms with E-state index in [4.69, 9.17) is 14.2 Å². The van der Waals surface area contributed by atoms with Gasteiger partial charge in [-0.1, -0.05) is 12.1 Å². The molecule has 2 amide bonds. The van der Waals surface area contributed by atoms with Crippen molar-refractivity contribution in [1.29, 1.82) is 0 Å². The topological polar surface area (TPSA) is 80.3 Å². The number of hydrogen-bond donors (Lipinski definition) is 1. The molecule has 0 saturated carbocycles. The summed E-state index contributed by atoms with van der Waals surface area (Å²) in [7, 11) is 1.64. The number of piperazine rings is 1. The van der Waals surface area contributed by atoms with Crippen molar-refractivity contribution in [2.75, 3.05) is 51.3 Å². The number of carbonyl (C=O) groups excluding carboxylic acids is 2. The zero-order chi connectivity index (χ0) is 20.9. The lowest BCUT2D eigenvalue weighted by Gasteiger charge is -2.36. The summed E-state index contributed by atoms with van der Waals surface area (Å²) in [5, 5.41) is 2.67. The Morgan fingerprint density at radius 3 is 2.43 bits per heavy atom. The molecule has 2 heterocycles. The molecule has 0 bridgehead atoms. The van der Waals surface area contributed by atoms with Crippen molar-refractivity contribution in [2.45, 2.75) is 6.10 Å². The van der Waals surface area contributed by atoms with Gasteiger partial charge in [-0.15, -0.1) is 0 Å². The molecule has 0 aromatic heterocycles. The van der Waals surface area contributed by atoms with E-state index in [1.807, 2.05) is 36.4 Å². The summed E-state index contributed by atoms with van der Waals surface area (Å²) in [5.74, 6) is 1.51. The second kappa shape index (κ2) is 8.94. The van der Waals surface area contributed by atoms with Gasteiger partial charge in [-0.05, 0) is 36.4 Å². The molecule has 1 saturated heterocycles. The van der Waals surface area contributed by atoms with E-state index in [2.05, 4.69) is 10.2 Å². The van der Waals surface area contributed by atoms with E-state index >= 15 is 0 Å². The van der Waals surface area contributed by atoms with Crippen molar-refractivity contribution in [3.63, 3.8) is 0 Å². The molecule has 0 radical (unpaired) electrons. The fourth-order valence-corrected chi connectivity index (χ4v) is 3.54. The number of para-hydroxylation sites is 2. The smallest absolute Gasteiger partial charge is 0.265 e. The first kappa shape index (κ1) is 19.9. The minimum absolute atomic E-state index is 0.0527. The second-order valence-corrected chi connectivity index (χ2v) is 7.15. The van der Waals surface area contributed by atoms with Crippen molar-refractivity contribution in [3.05, 3.63) is 48.5 Å². The maximum Gasteiger partial charge on any atom is 0.265 e. The molecule has 158 valence electrons. The van der Waals surface area contributed by atoms with E-state index in [1.165, 1.54) is 0 Å². The van der Waals surface area contributed by atoms with Gasteiger partial charge in [-0.2, -0.15) is 0 Å². The maximum absolute atomic E-state index is 12.5. The Hall–Kier alpha value is -3.42. The van der Waals surface area contributed by atoms with Crippen LogP contribution in [0.15, 0.2) is 48.5 Å². The predicted molar refractivity (Wildman–Crippen MR) is 111 cm³/mol. The Morgan fingerprint density at radius 1 is 1.03 bits per heavy atom. The average Bonchev–Trinajstić information content (AvgIpc) is 2.82. The van der Waals surface area contributed by atoms with Gasteiger partial charge < -0.3 is 29.3 Å². The Morgan fingerprint density at radius 2 is 1.73 bits per heavy atom. The van der Waals surface area contributed by atoms with Crippen molar-refractivity contribution >= 4 is 17.5 Å². The van der Waals surface area contributed by atoms with E-state index in [1.54, 1.807) is 24.1 Å². The standard InChI is InChI=1S/C22H25N3O5/c1-28-17-8-6-16(7-9-17)24-10-12-25(13-11-24)21(26)14-23-22(27)20-15-29-18-4-2-3-5-19(18)30-20/h2-9,20H,10-15H2,1H3,(H,23,27). The number of carbonyl (C=O) groups is 2. The minimum atomic E-state index is -0.764. The zero-order valence-electron chi connectivity index (χ0n) is 16.9. The molecule has 1 unspecified atom stereocenters. The van der Waals surface area contributed by atoms with Crippen LogP contribution in [0.5, 0.6) is 17.2 Å². The SMILES string of the molecule is COc1ccc(N2CCN(C(=O)CNC(=O)C3COc4ccccc4O3)CC2)cc1. The third-order valence-corrected chi connectivity index (χ3v) is 5.28. The lowest BCUT2D eigenvalue weighted by molar-refractivity contribution is -0.136. The van der Waals surface area contributed by atoms with Gasteiger partial charge in [0.2, 0.25) is 12.0 Å². The molecular formula is C22H25N3O5. The third kappa shape index (κ3) is 4.42. The van der Waals surface area contributed by atoms with Gasteiger partial charge >= 0.3 is 0 Å². The van der Waals surface area contributed by atoms with Crippen LogP contribution >= 0.6 is 0 Å². The van der Waals surface area contributed by atoms with Gasteiger partial charge in [0.05, 0.1) is 13.7 Å². The number of ether oxygens (including phenoxy) is 3. The van der Waals surface area contributed by atoms with Crippen LogP contribution in [0.4, 0.5) is 5.69 Å². The van der Waals surface area contributed by atoms with Crippen LogP contribution in [-0.2, 0) is 9.59 Å². The van der Waals surface area contributed by atoms with Gasteiger partial charge in [-0.25, -0.2) is 0 Å². The normalized spacial score (nSPS) is 18.0. The van der Waals surface area contributed by atoms with E-state index < -0.39 is 6.10 Å². The number of fused-ring (bicyclic) bond motifs is 1. The van der Waals surface area contributed by atoms with Crippen LogP contribution in [-0.4, -0.2) is 69.3 Å². The molecule has 0 spiro atoms. The van der Waals surface area contributed by atoms with Crippen LogP contribution in [0.3, 0.4) is 0 Å². The van der Waals surface area contributed by atoms with Crippen LogP contribution in [0, 0.1) is 0 Å². The third-order valence-electron chi connectivity index (χ3n) is 5.28. The quantitative estimate of drug-likeness (QED) is 0.799. The summed E-state index contributed by atoms with van der Waals surface area (Å²) in [4.78, 5) is 28.9. The molecule has 8 heteroatoms. The zero-order valence-corrected chi connectivity index (χ0v) is 16.9. The monoisotopic (exact) mass is 411 g/mol. The van der Waals surface area contributed by atoms with Crippen LogP contribution in [0.1, 0.15) is 0 Å². The van der Waals surface area contributed by atoms with Crippen molar-refractivity contribution in [2.24, 2.45) is 0 Å². The lowest BCUT2D eigenvalue weighted by Crippen LogP contribution is -2.52. The number of anilines is 1. The van der Waals surface area contributed by atoms with Crippen LogP contribution < -0.4 is 24.4 Å². The van der Waals surface area contributed by atoms with E-state index in [9.17, 15) is 9.59 Å². The highest BCUT2D eigenvalue weighted by atomic mass is 16.6. The fraction of sp³-hybridized carbons (Fsp3) is 0.364. The highest BCUT2D eigenvalue weighted by Crippen LogP contribution is 2.30. The second-order valence-electron chi connectivity index (χ2n) is 7.15. The molecule has 1 N–H and O–H groups in total. The number of amides is 2. The number of hydrogen-bond acceptors (Lipinski definition) is 6. The first-order valence-electron chi connectivity index (χ1n) is 9.97. The summed E-state index contributed by atoms with van der Waals surface area (Å²) >= 11 is 0. The summed E-state index contributed by atoms with van der Waals surface area (Å²) in [5.41, 5.74) is 1.10. The molecule has 1 fully saturated rings. The van der Waals surface area contributed by atoms with Crippen LogP contribution in [0.2, 0.25) is 0 Å². The fourth-order valence-electron chi connectivity index (χ4n) is 3.54. The van der Waals surface area contributed by atoms with Gasteiger partial charge in [0.25, 0.3) is 5.91 Å². The largest absolute Gasteiger partial charge is 0.497 e. The highest BCUT2D eigenvalue weighted by Gasteiger charge is 2.28. The molecule has 2 aliphatic heterocycles. The maximum atomic E-state index is 12.5. The number of methoxy groups -OCH3 is 1. The molecule has 0 aliphatic carbocycles. The molecule has 2 aliphatic rings. The summed E-state index contributed by atoms with van der Waals surface area (Å²) < 4.78 is 16.4. The Kier molecular flexibility index (Phi) is 5.92. The highest BCUT2D eigenvalue weighted by molar-refractivity contribution is 5.87. The molecule has 2 aromatic rings. The number of nitrogens with zero attached hydrogens (tertiary/aromatic N) is 2. The van der Waals surface area contributed by atoms with Crippen molar-refractivity contribution in [3.8, 4) is 17.2 Å². The molecule has 8 nitrogen and oxygen atoms in total.